The average Bonchev–Trinajstić information content (AvgIpc) is 3.61. The zero-order chi connectivity index (χ0) is 30.0. The molecule has 1 saturated carbocycles. The largest absolute Gasteiger partial charge is 0.494 e. The molecule has 0 radical (unpaired) electrons. The molecule has 1 unspecified atom stereocenters. The van der Waals surface area contributed by atoms with Crippen LogP contribution in [0.5, 0.6) is 0 Å². The lowest BCUT2D eigenvalue weighted by Gasteiger charge is -2.22. The first-order chi connectivity index (χ1) is 20.0. The molecule has 11 nitrogen and oxygen atoms in total. The number of hydrogen-bond acceptors (Lipinski definition) is 9. The van der Waals surface area contributed by atoms with Gasteiger partial charge in [0, 0.05) is 30.7 Å². The van der Waals surface area contributed by atoms with Gasteiger partial charge in [0.15, 0.2) is 0 Å². The van der Waals surface area contributed by atoms with Crippen molar-refractivity contribution < 1.29 is 14.3 Å². The number of ether oxygens (including phenoxy) is 2. The molecule has 1 amide bonds. The third-order valence-corrected chi connectivity index (χ3v) is 7.76. The smallest absolute Gasteiger partial charge is 0.407 e. The molecule has 2 fully saturated rings. The third-order valence-electron chi connectivity index (χ3n) is 7.76. The fourth-order valence-electron chi connectivity index (χ4n) is 5.82. The molecule has 1 atom stereocenters. The van der Waals surface area contributed by atoms with Gasteiger partial charge in [-0.15, -0.1) is 0 Å². The van der Waals surface area contributed by atoms with E-state index >= 15 is 0 Å². The maximum Gasteiger partial charge on any atom is 0.407 e. The highest BCUT2D eigenvalue weighted by molar-refractivity contribution is 5.84. The minimum atomic E-state index is -0.529. The van der Waals surface area contributed by atoms with Crippen molar-refractivity contribution in [1.82, 2.24) is 24.8 Å². The van der Waals surface area contributed by atoms with Gasteiger partial charge in [-0.3, -0.25) is 9.36 Å². The summed E-state index contributed by atoms with van der Waals surface area (Å²) < 4.78 is 12.8. The number of fused-ring (bicyclic) bond motifs is 1. The molecular weight excluding hydrogens is 534 g/mol. The van der Waals surface area contributed by atoms with E-state index in [1.807, 2.05) is 51.3 Å². The maximum atomic E-state index is 13.8. The van der Waals surface area contributed by atoms with E-state index in [0.29, 0.717) is 41.9 Å². The van der Waals surface area contributed by atoms with Gasteiger partial charge in [0.1, 0.15) is 22.8 Å². The lowest BCUT2D eigenvalue weighted by molar-refractivity contribution is 0.0509. The Labute approximate surface area is 246 Å². The first kappa shape index (κ1) is 29.3. The zero-order valence-electron chi connectivity index (χ0n) is 25.2. The van der Waals surface area contributed by atoms with Gasteiger partial charge in [-0.05, 0) is 71.6 Å². The number of alkyl carbamates (subject to hydrolysis) is 1. The summed E-state index contributed by atoms with van der Waals surface area (Å²) in [6, 6.07) is 3.94. The Morgan fingerprint density at radius 3 is 2.57 bits per heavy atom. The van der Waals surface area contributed by atoms with Crippen LogP contribution in [0.4, 0.5) is 22.2 Å². The number of carbonyl (C=O) groups excluding carboxylic acids is 1. The number of aromatic nitrogens is 4. The summed E-state index contributed by atoms with van der Waals surface area (Å²) in [6.07, 6.45) is 7.99. The molecule has 0 bridgehead atoms. The Bertz CT molecular complexity index is 1520. The van der Waals surface area contributed by atoms with Gasteiger partial charge in [-0.1, -0.05) is 19.4 Å². The van der Waals surface area contributed by atoms with Gasteiger partial charge in [-0.25, -0.2) is 14.8 Å². The van der Waals surface area contributed by atoms with E-state index < -0.39 is 11.7 Å². The van der Waals surface area contributed by atoms with E-state index in [1.165, 1.54) is 0 Å². The monoisotopic (exact) mass is 575 g/mol. The van der Waals surface area contributed by atoms with Crippen LogP contribution in [0.25, 0.3) is 16.8 Å². The van der Waals surface area contributed by atoms with E-state index in [0.717, 1.165) is 55.3 Å². The molecular formula is C31H41N7O4. The van der Waals surface area contributed by atoms with Gasteiger partial charge in [0.25, 0.3) is 5.56 Å². The number of carbonyl (C=O) groups is 1. The molecule has 224 valence electrons. The van der Waals surface area contributed by atoms with Gasteiger partial charge in [-0.2, -0.15) is 4.98 Å². The third kappa shape index (κ3) is 6.34. The van der Waals surface area contributed by atoms with Crippen molar-refractivity contribution in [2.75, 3.05) is 29.9 Å². The fraction of sp³-hybridized carbons (Fsp3) is 0.516. The number of hydrogen-bond donors (Lipinski definition) is 2. The predicted molar refractivity (Wildman–Crippen MR) is 164 cm³/mol. The van der Waals surface area contributed by atoms with E-state index in [2.05, 4.69) is 32.1 Å². The molecule has 2 N–H and O–H groups in total. The Morgan fingerprint density at radius 2 is 1.90 bits per heavy atom. The zero-order valence-corrected chi connectivity index (χ0v) is 25.2. The molecule has 2 aliphatic rings. The summed E-state index contributed by atoms with van der Waals surface area (Å²) in [6.45, 7) is 15.3. The number of nitrogens with one attached hydrogen (secondary N) is 2. The highest BCUT2D eigenvalue weighted by Crippen LogP contribution is 2.33. The molecule has 0 aromatic carbocycles. The SMILES string of the molecule is C=C(OCC)c1c(C)c2cnc(Nc3ccc(N4CCC(NC(=O)OC(C)(C)C)C4)cn3)nc2n(C2CCCC2)c1=O. The molecule has 1 aliphatic heterocycles. The molecule has 0 spiro atoms. The molecule has 1 saturated heterocycles. The van der Waals surface area contributed by atoms with Crippen molar-refractivity contribution in [2.45, 2.75) is 84.4 Å². The van der Waals surface area contributed by atoms with Crippen molar-refractivity contribution in [1.29, 1.82) is 0 Å². The fourth-order valence-corrected chi connectivity index (χ4v) is 5.82. The number of amides is 1. The first-order valence-corrected chi connectivity index (χ1v) is 14.8. The van der Waals surface area contributed by atoms with Crippen LogP contribution in [0.3, 0.4) is 0 Å². The van der Waals surface area contributed by atoms with Gasteiger partial charge in [0.2, 0.25) is 5.95 Å². The maximum absolute atomic E-state index is 13.8. The highest BCUT2D eigenvalue weighted by atomic mass is 16.6. The van der Waals surface area contributed by atoms with Crippen LogP contribution in [0.2, 0.25) is 0 Å². The normalized spacial score (nSPS) is 17.5. The summed E-state index contributed by atoms with van der Waals surface area (Å²) in [5, 5.41) is 6.96. The van der Waals surface area contributed by atoms with Gasteiger partial charge < -0.3 is 25.0 Å². The van der Waals surface area contributed by atoms with E-state index in [-0.39, 0.29) is 17.6 Å². The molecule has 4 heterocycles. The second-order valence-corrected chi connectivity index (χ2v) is 12.0. The van der Waals surface area contributed by atoms with Gasteiger partial charge >= 0.3 is 6.09 Å². The number of rotatable bonds is 8. The van der Waals surface area contributed by atoms with Crippen LogP contribution in [0.15, 0.2) is 35.9 Å². The number of anilines is 3. The van der Waals surface area contributed by atoms with Crippen LogP contribution >= 0.6 is 0 Å². The van der Waals surface area contributed by atoms with E-state index in [9.17, 15) is 9.59 Å². The average molecular weight is 576 g/mol. The van der Waals surface area contributed by atoms with Gasteiger partial charge in [0.05, 0.1) is 30.1 Å². The highest BCUT2D eigenvalue weighted by Gasteiger charge is 2.28. The standard InChI is InChI=1S/C31H41N7O4/c1-7-41-20(3)26-19(2)24-17-33-29(36-27(24)38(28(26)39)22-10-8-9-11-22)35-25-13-12-23(16-32-25)37-15-14-21(18-37)34-30(40)42-31(4,5)6/h12-13,16-17,21-22H,3,7-11,14-15,18H2,1-2,4-6H3,(H,34,40)(H,32,33,35,36). The van der Waals surface area contributed by atoms with Crippen LogP contribution in [-0.2, 0) is 9.47 Å². The molecule has 11 heteroatoms. The van der Waals surface area contributed by atoms with Crippen LogP contribution < -0.4 is 21.1 Å². The number of pyridine rings is 2. The molecule has 3 aromatic heterocycles. The van der Waals surface area contributed by atoms with E-state index in [1.54, 1.807) is 12.4 Å². The number of aryl methyl sites for hydroxylation is 1. The first-order valence-electron chi connectivity index (χ1n) is 14.8. The van der Waals surface area contributed by atoms with Crippen molar-refractivity contribution in [3.8, 4) is 0 Å². The van der Waals surface area contributed by atoms with Crippen molar-refractivity contribution in [2.24, 2.45) is 0 Å². The van der Waals surface area contributed by atoms with Crippen LogP contribution in [0, 0.1) is 6.92 Å². The summed E-state index contributed by atoms with van der Waals surface area (Å²) >= 11 is 0. The summed E-state index contributed by atoms with van der Waals surface area (Å²) in [4.78, 5) is 42.1. The molecule has 1 aliphatic carbocycles. The summed E-state index contributed by atoms with van der Waals surface area (Å²) in [5.41, 5.74) is 2.17. The molecule has 5 rings (SSSR count). The second-order valence-electron chi connectivity index (χ2n) is 12.0. The molecule has 42 heavy (non-hydrogen) atoms. The topological polar surface area (TPSA) is 124 Å². The Morgan fingerprint density at radius 1 is 1.14 bits per heavy atom. The lowest BCUT2D eigenvalue weighted by atomic mass is 10.0. The predicted octanol–water partition coefficient (Wildman–Crippen LogP) is 5.46. The van der Waals surface area contributed by atoms with E-state index in [4.69, 9.17) is 14.5 Å². The Hall–Kier alpha value is -4.15. The number of nitrogens with zero attached hydrogens (tertiary/aromatic N) is 5. The minimum Gasteiger partial charge on any atom is -0.494 e. The molecule has 3 aromatic rings. The summed E-state index contributed by atoms with van der Waals surface area (Å²) in [5.74, 6) is 1.34. The van der Waals surface area contributed by atoms with Crippen molar-refractivity contribution >= 4 is 40.3 Å². The van der Waals surface area contributed by atoms with Crippen molar-refractivity contribution in [3.05, 3.63) is 52.6 Å². The van der Waals surface area contributed by atoms with Crippen LogP contribution in [-0.4, -0.2) is 57.0 Å². The lowest BCUT2D eigenvalue weighted by Crippen LogP contribution is -2.40. The Balaban J connectivity index is 1.34. The Kier molecular flexibility index (Phi) is 8.38. The summed E-state index contributed by atoms with van der Waals surface area (Å²) in [7, 11) is 0. The quantitative estimate of drug-likeness (QED) is 0.337. The van der Waals surface area contributed by atoms with Crippen LogP contribution in [0.1, 0.15) is 77.0 Å². The minimum absolute atomic E-state index is 0.01000. The van der Waals surface area contributed by atoms with Crippen molar-refractivity contribution in [3.63, 3.8) is 0 Å². The second kappa shape index (κ2) is 12.0.